The number of benzene rings is 2. The predicted molar refractivity (Wildman–Crippen MR) is 90.9 cm³/mol. The summed E-state index contributed by atoms with van der Waals surface area (Å²) in [5.74, 6) is 0. The van der Waals surface area contributed by atoms with E-state index >= 15 is 0 Å². The molecule has 114 valence electrons. The summed E-state index contributed by atoms with van der Waals surface area (Å²) < 4.78 is 2.04. The molecule has 1 aromatic heterocycles. The van der Waals surface area contributed by atoms with E-state index in [1.54, 1.807) is 0 Å². The van der Waals surface area contributed by atoms with Gasteiger partial charge in [0.2, 0.25) is 5.69 Å². The molecule has 0 aliphatic heterocycles. The third kappa shape index (κ3) is 3.83. The van der Waals surface area contributed by atoms with Gasteiger partial charge in [0.25, 0.3) is 0 Å². The van der Waals surface area contributed by atoms with Crippen molar-refractivity contribution < 1.29 is 9.40 Å². The molecule has 3 nitrogen and oxygen atoms in total. The number of aryl methyl sites for hydroxylation is 1. The summed E-state index contributed by atoms with van der Waals surface area (Å²) in [6.07, 6.45) is 2.00. The highest BCUT2D eigenvalue weighted by atomic mass is 16.6. The molecule has 0 spiro atoms. The zero-order valence-electron chi connectivity index (χ0n) is 13.1. The molecular weight excluding hydrogens is 284 g/mol. The lowest BCUT2D eigenvalue weighted by molar-refractivity contribution is -0.672. The number of oxime groups is 1. The van der Waals surface area contributed by atoms with Crippen LogP contribution in [0.15, 0.2) is 90.2 Å². The molecule has 3 aromatic rings. The van der Waals surface area contributed by atoms with Crippen LogP contribution >= 0.6 is 0 Å². The van der Waals surface area contributed by atoms with Gasteiger partial charge in [0, 0.05) is 17.7 Å². The van der Waals surface area contributed by atoms with E-state index in [2.05, 4.69) is 5.16 Å². The van der Waals surface area contributed by atoms with Gasteiger partial charge >= 0.3 is 0 Å². The fourth-order valence-corrected chi connectivity index (χ4v) is 2.36. The highest BCUT2D eigenvalue weighted by Gasteiger charge is 2.16. The summed E-state index contributed by atoms with van der Waals surface area (Å²) in [6.45, 7) is 0.452. The van der Waals surface area contributed by atoms with Crippen molar-refractivity contribution in [3.8, 4) is 0 Å². The largest absolute Gasteiger partial charge is 0.390 e. The number of rotatable bonds is 5. The first-order valence-electron chi connectivity index (χ1n) is 7.59. The molecular formula is C20H19N2O+. The Morgan fingerprint density at radius 3 is 2.22 bits per heavy atom. The molecule has 3 rings (SSSR count). The van der Waals surface area contributed by atoms with Crippen molar-refractivity contribution in [1.29, 1.82) is 0 Å². The molecule has 0 saturated heterocycles. The molecule has 2 aromatic carbocycles. The maximum Gasteiger partial charge on any atom is 0.234 e. The minimum atomic E-state index is 0.452. The van der Waals surface area contributed by atoms with Gasteiger partial charge in [-0.2, -0.15) is 4.57 Å². The van der Waals surface area contributed by atoms with E-state index in [1.807, 2.05) is 96.7 Å². The molecule has 0 saturated carbocycles. The third-order valence-electron chi connectivity index (χ3n) is 3.57. The van der Waals surface area contributed by atoms with E-state index in [9.17, 15) is 0 Å². The van der Waals surface area contributed by atoms with Gasteiger partial charge in [-0.1, -0.05) is 65.8 Å². The molecule has 0 aliphatic rings. The average Bonchev–Trinajstić information content (AvgIpc) is 2.61. The minimum absolute atomic E-state index is 0.452. The summed E-state index contributed by atoms with van der Waals surface area (Å²) in [6, 6.07) is 26.2. The Morgan fingerprint density at radius 1 is 0.870 bits per heavy atom. The molecule has 3 heteroatoms. The first kappa shape index (κ1) is 15.0. The molecule has 0 fully saturated rings. The summed E-state index contributed by atoms with van der Waals surface area (Å²) in [5, 5.41) is 4.42. The second kappa shape index (κ2) is 7.36. The third-order valence-corrected chi connectivity index (χ3v) is 3.57. The van der Waals surface area contributed by atoms with Gasteiger partial charge in [-0.3, -0.25) is 0 Å². The molecule has 0 unspecified atom stereocenters. The van der Waals surface area contributed by atoms with Crippen molar-refractivity contribution in [1.82, 2.24) is 0 Å². The molecule has 1 heterocycles. The number of aromatic nitrogens is 1. The van der Waals surface area contributed by atoms with E-state index < -0.39 is 0 Å². The van der Waals surface area contributed by atoms with Crippen LogP contribution in [0.4, 0.5) is 0 Å². The van der Waals surface area contributed by atoms with E-state index in [4.69, 9.17) is 4.84 Å². The average molecular weight is 303 g/mol. The molecule has 0 amide bonds. The van der Waals surface area contributed by atoms with Crippen LogP contribution in [0.2, 0.25) is 0 Å². The zero-order chi connectivity index (χ0) is 15.9. The highest BCUT2D eigenvalue weighted by Crippen LogP contribution is 2.09. The first-order chi connectivity index (χ1) is 11.3. The lowest BCUT2D eigenvalue weighted by Gasteiger charge is -2.06. The van der Waals surface area contributed by atoms with Crippen LogP contribution in [0.25, 0.3) is 0 Å². The van der Waals surface area contributed by atoms with Gasteiger partial charge in [0.05, 0.1) is 0 Å². The predicted octanol–water partition coefficient (Wildman–Crippen LogP) is 3.48. The Balaban J connectivity index is 1.89. The quantitative estimate of drug-likeness (QED) is 0.402. The maximum absolute atomic E-state index is 5.62. The lowest BCUT2D eigenvalue weighted by atomic mass is 10.1. The van der Waals surface area contributed by atoms with Gasteiger partial charge in [-0.05, 0) is 11.6 Å². The van der Waals surface area contributed by atoms with Crippen LogP contribution in [0.1, 0.15) is 16.8 Å². The standard InChI is InChI=1S/C20H19N2O/c1-22-15-9-8-14-19(22)20(18-12-6-3-7-13-18)21-23-16-17-10-4-2-5-11-17/h2-15H,16H2,1H3/q+1/b21-20+. The summed E-state index contributed by atoms with van der Waals surface area (Å²) >= 11 is 0. The van der Waals surface area contributed by atoms with E-state index in [0.29, 0.717) is 6.61 Å². The SMILES string of the molecule is C[n+]1ccccc1/C(=N/OCc1ccccc1)c1ccccc1. The van der Waals surface area contributed by atoms with Crippen molar-refractivity contribution >= 4 is 5.71 Å². The van der Waals surface area contributed by atoms with Crippen molar-refractivity contribution in [2.75, 3.05) is 0 Å². The van der Waals surface area contributed by atoms with Crippen molar-refractivity contribution in [3.63, 3.8) is 0 Å². The molecule has 0 radical (unpaired) electrons. The highest BCUT2D eigenvalue weighted by molar-refractivity contribution is 6.10. The fourth-order valence-electron chi connectivity index (χ4n) is 2.36. The van der Waals surface area contributed by atoms with Crippen LogP contribution < -0.4 is 4.57 Å². The first-order valence-corrected chi connectivity index (χ1v) is 7.59. The lowest BCUT2D eigenvalue weighted by Crippen LogP contribution is -2.36. The van der Waals surface area contributed by atoms with Crippen LogP contribution in [0.5, 0.6) is 0 Å². The molecule has 23 heavy (non-hydrogen) atoms. The van der Waals surface area contributed by atoms with Gasteiger partial charge < -0.3 is 4.84 Å². The van der Waals surface area contributed by atoms with Crippen molar-refractivity contribution in [3.05, 3.63) is 102 Å². The van der Waals surface area contributed by atoms with Gasteiger partial charge in [0.1, 0.15) is 13.7 Å². The molecule has 0 atom stereocenters. The van der Waals surface area contributed by atoms with E-state index in [0.717, 1.165) is 22.5 Å². The Kier molecular flexibility index (Phi) is 4.79. The number of hydrogen-bond acceptors (Lipinski definition) is 2. The number of hydrogen-bond donors (Lipinski definition) is 0. The van der Waals surface area contributed by atoms with Crippen molar-refractivity contribution in [2.24, 2.45) is 12.2 Å². The maximum atomic E-state index is 5.62. The van der Waals surface area contributed by atoms with E-state index in [1.165, 1.54) is 0 Å². The van der Waals surface area contributed by atoms with Gasteiger partial charge in [-0.15, -0.1) is 0 Å². The summed E-state index contributed by atoms with van der Waals surface area (Å²) in [5.41, 5.74) is 3.96. The van der Waals surface area contributed by atoms with E-state index in [-0.39, 0.29) is 0 Å². The van der Waals surface area contributed by atoms with Crippen LogP contribution in [0.3, 0.4) is 0 Å². The molecule has 0 N–H and O–H groups in total. The Labute approximate surface area is 136 Å². The molecule has 0 bridgehead atoms. The fraction of sp³-hybridized carbons (Fsp3) is 0.100. The summed E-state index contributed by atoms with van der Waals surface area (Å²) in [4.78, 5) is 5.62. The topological polar surface area (TPSA) is 25.5 Å². The van der Waals surface area contributed by atoms with Gasteiger partial charge in [0.15, 0.2) is 11.9 Å². The Morgan fingerprint density at radius 2 is 1.52 bits per heavy atom. The summed E-state index contributed by atoms with van der Waals surface area (Å²) in [7, 11) is 2.00. The Hall–Kier alpha value is -2.94. The second-order valence-electron chi connectivity index (χ2n) is 5.26. The van der Waals surface area contributed by atoms with Crippen LogP contribution in [0, 0.1) is 0 Å². The monoisotopic (exact) mass is 303 g/mol. The van der Waals surface area contributed by atoms with Crippen LogP contribution in [-0.4, -0.2) is 5.71 Å². The molecule has 0 aliphatic carbocycles. The second-order valence-corrected chi connectivity index (χ2v) is 5.26. The van der Waals surface area contributed by atoms with Crippen LogP contribution in [-0.2, 0) is 18.5 Å². The van der Waals surface area contributed by atoms with Gasteiger partial charge in [-0.25, -0.2) is 0 Å². The minimum Gasteiger partial charge on any atom is -0.390 e. The Bertz CT molecular complexity index is 783. The normalized spacial score (nSPS) is 11.3. The number of nitrogens with zero attached hydrogens (tertiary/aromatic N) is 2. The van der Waals surface area contributed by atoms with Crippen molar-refractivity contribution in [2.45, 2.75) is 6.61 Å². The smallest absolute Gasteiger partial charge is 0.234 e. The zero-order valence-corrected chi connectivity index (χ0v) is 13.1. The number of pyridine rings is 1.